The molecule has 104 valence electrons. The molecule has 1 aromatic rings. The Morgan fingerprint density at radius 1 is 1.37 bits per heavy atom. The van der Waals surface area contributed by atoms with Crippen molar-refractivity contribution >= 4 is 11.6 Å². The van der Waals surface area contributed by atoms with Crippen LogP contribution in [0.3, 0.4) is 0 Å². The summed E-state index contributed by atoms with van der Waals surface area (Å²) in [6.45, 7) is 5.81. The van der Waals surface area contributed by atoms with Crippen molar-refractivity contribution in [3.63, 3.8) is 0 Å². The number of anilines is 1. The number of likely N-dealkylation sites (tertiary alicyclic amines) is 1. The van der Waals surface area contributed by atoms with Crippen molar-refractivity contribution in [2.24, 2.45) is 0 Å². The molecule has 0 radical (unpaired) electrons. The Balaban J connectivity index is 1.71. The zero-order chi connectivity index (χ0) is 13.5. The van der Waals surface area contributed by atoms with Gasteiger partial charge in [-0.15, -0.1) is 0 Å². The molecule has 1 amide bonds. The minimum atomic E-state index is -0.0637. The van der Waals surface area contributed by atoms with Crippen LogP contribution in [0.5, 0.6) is 5.75 Å². The van der Waals surface area contributed by atoms with E-state index in [1.807, 2.05) is 24.3 Å². The highest BCUT2D eigenvalue weighted by Crippen LogP contribution is 2.17. The van der Waals surface area contributed by atoms with Crippen LogP contribution in [0.25, 0.3) is 0 Å². The molecule has 4 nitrogen and oxygen atoms in total. The smallest absolute Gasteiger partial charge is 0.221 e. The monoisotopic (exact) mass is 262 g/mol. The molecule has 1 aromatic carbocycles. The van der Waals surface area contributed by atoms with Gasteiger partial charge < -0.3 is 15.0 Å². The molecule has 0 bridgehead atoms. The van der Waals surface area contributed by atoms with E-state index in [4.69, 9.17) is 4.74 Å². The van der Waals surface area contributed by atoms with Gasteiger partial charge in [0.15, 0.2) is 0 Å². The molecule has 0 unspecified atom stereocenters. The van der Waals surface area contributed by atoms with Gasteiger partial charge in [-0.3, -0.25) is 4.79 Å². The molecule has 1 aliphatic rings. The van der Waals surface area contributed by atoms with Gasteiger partial charge in [-0.1, -0.05) is 6.07 Å². The summed E-state index contributed by atoms with van der Waals surface area (Å²) in [5.41, 5.74) is 0.782. The average Bonchev–Trinajstić information content (AvgIpc) is 2.87. The Bertz CT molecular complexity index is 414. The van der Waals surface area contributed by atoms with Crippen molar-refractivity contribution in [2.75, 3.05) is 31.6 Å². The molecular weight excluding hydrogens is 240 g/mol. The molecule has 0 atom stereocenters. The third kappa shape index (κ3) is 4.91. The quantitative estimate of drug-likeness (QED) is 0.801. The van der Waals surface area contributed by atoms with E-state index < -0.39 is 0 Å². The van der Waals surface area contributed by atoms with E-state index in [2.05, 4.69) is 10.2 Å². The summed E-state index contributed by atoms with van der Waals surface area (Å²) in [5.74, 6) is 0.749. The summed E-state index contributed by atoms with van der Waals surface area (Å²) in [6, 6.07) is 7.53. The van der Waals surface area contributed by atoms with E-state index in [9.17, 15) is 4.79 Å². The van der Waals surface area contributed by atoms with E-state index >= 15 is 0 Å². The molecule has 0 spiro atoms. The van der Waals surface area contributed by atoms with Gasteiger partial charge in [-0.25, -0.2) is 0 Å². The van der Waals surface area contributed by atoms with Crippen LogP contribution in [0.1, 0.15) is 26.2 Å². The average molecular weight is 262 g/mol. The van der Waals surface area contributed by atoms with Crippen LogP contribution in [-0.2, 0) is 4.79 Å². The molecule has 1 saturated heterocycles. The van der Waals surface area contributed by atoms with E-state index in [0.717, 1.165) is 31.0 Å². The van der Waals surface area contributed by atoms with E-state index in [0.29, 0.717) is 0 Å². The number of carbonyl (C=O) groups excluding carboxylic acids is 1. The Morgan fingerprint density at radius 2 is 2.16 bits per heavy atom. The normalized spacial score (nSPS) is 15.4. The zero-order valence-corrected chi connectivity index (χ0v) is 11.5. The molecule has 1 N–H and O–H groups in total. The number of benzene rings is 1. The Morgan fingerprint density at radius 3 is 2.89 bits per heavy atom. The van der Waals surface area contributed by atoms with Crippen molar-refractivity contribution < 1.29 is 9.53 Å². The van der Waals surface area contributed by atoms with Gasteiger partial charge >= 0.3 is 0 Å². The van der Waals surface area contributed by atoms with Crippen LogP contribution in [0.2, 0.25) is 0 Å². The Labute approximate surface area is 114 Å². The number of nitrogens with zero attached hydrogens (tertiary/aromatic N) is 1. The molecule has 19 heavy (non-hydrogen) atoms. The molecule has 1 fully saturated rings. The highest BCUT2D eigenvalue weighted by Gasteiger charge is 2.10. The lowest BCUT2D eigenvalue weighted by atomic mass is 10.3. The van der Waals surface area contributed by atoms with Crippen LogP contribution in [0, 0.1) is 0 Å². The molecule has 1 heterocycles. The first-order valence-corrected chi connectivity index (χ1v) is 6.97. The SMILES string of the molecule is CC(=O)Nc1cccc(OCCCN2CCCC2)c1. The summed E-state index contributed by atoms with van der Waals surface area (Å²) >= 11 is 0. The van der Waals surface area contributed by atoms with Gasteiger partial charge in [0.05, 0.1) is 6.61 Å². The lowest BCUT2D eigenvalue weighted by Gasteiger charge is -2.14. The van der Waals surface area contributed by atoms with E-state index in [1.54, 1.807) is 0 Å². The maximum atomic E-state index is 11.0. The fourth-order valence-corrected chi connectivity index (χ4v) is 2.35. The summed E-state index contributed by atoms with van der Waals surface area (Å²) in [6.07, 6.45) is 3.71. The van der Waals surface area contributed by atoms with Crippen LogP contribution >= 0.6 is 0 Å². The molecule has 0 aromatic heterocycles. The fraction of sp³-hybridized carbons (Fsp3) is 0.533. The van der Waals surface area contributed by atoms with Gasteiger partial charge in [0.1, 0.15) is 5.75 Å². The first-order valence-electron chi connectivity index (χ1n) is 6.97. The predicted molar refractivity (Wildman–Crippen MR) is 76.5 cm³/mol. The van der Waals surface area contributed by atoms with E-state index in [1.165, 1.54) is 32.9 Å². The number of nitrogens with one attached hydrogen (secondary N) is 1. The molecule has 1 aliphatic heterocycles. The molecule has 0 saturated carbocycles. The second-order valence-electron chi connectivity index (χ2n) is 4.96. The Hall–Kier alpha value is -1.55. The number of rotatable bonds is 6. The van der Waals surface area contributed by atoms with Crippen molar-refractivity contribution in [3.05, 3.63) is 24.3 Å². The topological polar surface area (TPSA) is 41.6 Å². The largest absolute Gasteiger partial charge is 0.493 e. The summed E-state index contributed by atoms with van der Waals surface area (Å²) in [4.78, 5) is 13.5. The lowest BCUT2D eigenvalue weighted by molar-refractivity contribution is -0.114. The maximum Gasteiger partial charge on any atom is 0.221 e. The van der Waals surface area contributed by atoms with Gasteiger partial charge in [0, 0.05) is 25.2 Å². The first-order chi connectivity index (χ1) is 9.24. The molecule has 2 rings (SSSR count). The van der Waals surface area contributed by atoms with Crippen LogP contribution in [0.4, 0.5) is 5.69 Å². The molecule has 4 heteroatoms. The number of amides is 1. The second kappa shape index (κ2) is 7.14. The third-order valence-electron chi connectivity index (χ3n) is 3.24. The van der Waals surface area contributed by atoms with Crippen LogP contribution in [0.15, 0.2) is 24.3 Å². The van der Waals surface area contributed by atoms with Gasteiger partial charge in [-0.2, -0.15) is 0 Å². The lowest BCUT2D eigenvalue weighted by Crippen LogP contribution is -2.21. The Kier molecular flexibility index (Phi) is 5.21. The number of hydrogen-bond acceptors (Lipinski definition) is 3. The second-order valence-corrected chi connectivity index (χ2v) is 4.96. The summed E-state index contributed by atoms with van der Waals surface area (Å²) in [5, 5.41) is 2.75. The van der Waals surface area contributed by atoms with Crippen LogP contribution < -0.4 is 10.1 Å². The fourth-order valence-electron chi connectivity index (χ4n) is 2.35. The van der Waals surface area contributed by atoms with Crippen molar-refractivity contribution in [1.82, 2.24) is 4.90 Å². The number of hydrogen-bond donors (Lipinski definition) is 1. The number of carbonyl (C=O) groups is 1. The number of ether oxygens (including phenoxy) is 1. The standard InChI is InChI=1S/C15H22N2O2/c1-13(18)16-14-6-4-7-15(12-14)19-11-5-10-17-8-2-3-9-17/h4,6-7,12H,2-3,5,8-11H2,1H3,(H,16,18). The van der Waals surface area contributed by atoms with Gasteiger partial charge in [0.25, 0.3) is 0 Å². The minimum Gasteiger partial charge on any atom is -0.493 e. The highest BCUT2D eigenvalue weighted by molar-refractivity contribution is 5.88. The van der Waals surface area contributed by atoms with Crippen molar-refractivity contribution in [3.8, 4) is 5.75 Å². The molecule has 0 aliphatic carbocycles. The van der Waals surface area contributed by atoms with Crippen molar-refractivity contribution in [2.45, 2.75) is 26.2 Å². The van der Waals surface area contributed by atoms with E-state index in [-0.39, 0.29) is 5.91 Å². The highest BCUT2D eigenvalue weighted by atomic mass is 16.5. The first kappa shape index (κ1) is 13.9. The summed E-state index contributed by atoms with van der Waals surface area (Å²) in [7, 11) is 0. The van der Waals surface area contributed by atoms with Crippen molar-refractivity contribution in [1.29, 1.82) is 0 Å². The van der Waals surface area contributed by atoms with Gasteiger partial charge in [0.2, 0.25) is 5.91 Å². The molecular formula is C15H22N2O2. The maximum absolute atomic E-state index is 11.0. The van der Waals surface area contributed by atoms with Crippen LogP contribution in [-0.4, -0.2) is 37.0 Å². The third-order valence-corrected chi connectivity index (χ3v) is 3.24. The zero-order valence-electron chi connectivity index (χ0n) is 11.5. The summed E-state index contributed by atoms with van der Waals surface area (Å²) < 4.78 is 5.71. The predicted octanol–water partition coefficient (Wildman–Crippen LogP) is 2.51. The van der Waals surface area contributed by atoms with Gasteiger partial charge in [-0.05, 0) is 44.5 Å². The minimum absolute atomic E-state index is 0.0637.